The monoisotopic (exact) mass is 303 g/mol. The minimum absolute atomic E-state index is 0.00489. The highest BCUT2D eigenvalue weighted by Crippen LogP contribution is 2.15. The van der Waals surface area contributed by atoms with Crippen LogP contribution in [0, 0.1) is 6.92 Å². The third-order valence-corrected chi connectivity index (χ3v) is 4.14. The van der Waals surface area contributed by atoms with E-state index in [0.717, 1.165) is 21.6 Å². The van der Waals surface area contributed by atoms with Gasteiger partial charge in [-0.3, -0.25) is 4.79 Å². The third kappa shape index (κ3) is 4.69. The first-order chi connectivity index (χ1) is 10.1. The summed E-state index contributed by atoms with van der Waals surface area (Å²) in [6.07, 6.45) is 0.234. The second-order valence-electron chi connectivity index (χ2n) is 5.29. The van der Waals surface area contributed by atoms with Crippen molar-refractivity contribution in [2.45, 2.75) is 40.0 Å². The summed E-state index contributed by atoms with van der Waals surface area (Å²) in [4.78, 5) is 12.8. The number of ether oxygens (including phenoxy) is 1. The second kappa shape index (κ2) is 7.38. The third-order valence-electron chi connectivity index (χ3n) is 3.13. The maximum absolute atomic E-state index is 12.0. The van der Waals surface area contributed by atoms with E-state index in [-0.39, 0.29) is 12.0 Å². The Bertz CT molecular complexity index is 587. The van der Waals surface area contributed by atoms with Gasteiger partial charge in [0.25, 0.3) is 5.91 Å². The maximum atomic E-state index is 12.0. The molecular weight excluding hydrogens is 282 g/mol. The molecule has 1 aromatic carbocycles. The van der Waals surface area contributed by atoms with E-state index in [9.17, 15) is 4.79 Å². The first kappa shape index (κ1) is 15.7. The number of thiophene rings is 1. The molecule has 112 valence electrons. The molecule has 3 nitrogen and oxygen atoms in total. The van der Waals surface area contributed by atoms with Crippen molar-refractivity contribution in [1.82, 2.24) is 5.32 Å². The quantitative estimate of drug-likeness (QED) is 0.878. The van der Waals surface area contributed by atoms with Gasteiger partial charge in [-0.05, 0) is 48.9 Å². The van der Waals surface area contributed by atoms with E-state index in [1.54, 1.807) is 0 Å². The summed E-state index contributed by atoms with van der Waals surface area (Å²) in [7, 11) is 0. The van der Waals surface area contributed by atoms with Crippen molar-refractivity contribution in [3.63, 3.8) is 0 Å². The predicted molar refractivity (Wildman–Crippen MR) is 86.6 cm³/mol. The predicted octanol–water partition coefficient (Wildman–Crippen LogP) is 3.91. The topological polar surface area (TPSA) is 38.3 Å². The number of rotatable bonds is 6. The molecule has 0 aliphatic heterocycles. The first-order valence-corrected chi connectivity index (χ1v) is 7.96. The molecule has 0 bridgehead atoms. The second-order valence-corrected chi connectivity index (χ2v) is 6.21. The van der Waals surface area contributed by atoms with Gasteiger partial charge in [0, 0.05) is 6.54 Å². The fourth-order valence-corrected chi connectivity index (χ4v) is 2.73. The summed E-state index contributed by atoms with van der Waals surface area (Å²) < 4.78 is 5.56. The van der Waals surface area contributed by atoms with E-state index < -0.39 is 0 Å². The molecule has 0 aliphatic carbocycles. The van der Waals surface area contributed by atoms with Crippen LogP contribution in [0.5, 0.6) is 0 Å². The van der Waals surface area contributed by atoms with E-state index in [4.69, 9.17) is 4.74 Å². The molecule has 1 amide bonds. The highest BCUT2D eigenvalue weighted by atomic mass is 32.1. The molecule has 0 spiro atoms. The largest absolute Gasteiger partial charge is 0.374 e. The lowest BCUT2D eigenvalue weighted by molar-refractivity contribution is 0.0657. The smallest absolute Gasteiger partial charge is 0.261 e. The van der Waals surface area contributed by atoms with E-state index in [1.165, 1.54) is 11.3 Å². The lowest BCUT2D eigenvalue weighted by Gasteiger charge is -2.09. The Morgan fingerprint density at radius 1 is 1.19 bits per heavy atom. The fraction of sp³-hybridized carbons (Fsp3) is 0.353. The molecule has 0 saturated heterocycles. The van der Waals surface area contributed by atoms with Crippen LogP contribution in [0.25, 0.3) is 0 Å². The Morgan fingerprint density at radius 2 is 1.86 bits per heavy atom. The molecule has 4 heteroatoms. The van der Waals surface area contributed by atoms with Crippen molar-refractivity contribution < 1.29 is 9.53 Å². The molecule has 0 unspecified atom stereocenters. The lowest BCUT2D eigenvalue weighted by Crippen LogP contribution is -2.22. The summed E-state index contributed by atoms with van der Waals surface area (Å²) in [5.74, 6) is -0.00489. The number of hydrogen-bond acceptors (Lipinski definition) is 3. The summed E-state index contributed by atoms with van der Waals surface area (Å²) >= 11 is 1.48. The van der Waals surface area contributed by atoms with Gasteiger partial charge in [-0.25, -0.2) is 0 Å². The number of aryl methyl sites for hydroxylation is 1. The van der Waals surface area contributed by atoms with Crippen LogP contribution in [0.2, 0.25) is 0 Å². The van der Waals surface area contributed by atoms with Crippen LogP contribution in [-0.2, 0) is 17.9 Å². The van der Waals surface area contributed by atoms with Gasteiger partial charge in [-0.2, -0.15) is 0 Å². The summed E-state index contributed by atoms with van der Waals surface area (Å²) in [6, 6.07) is 10.1. The van der Waals surface area contributed by atoms with Gasteiger partial charge in [0.15, 0.2) is 0 Å². The molecule has 0 fully saturated rings. The van der Waals surface area contributed by atoms with Crippen LogP contribution >= 0.6 is 11.3 Å². The van der Waals surface area contributed by atoms with Crippen LogP contribution in [0.3, 0.4) is 0 Å². The van der Waals surface area contributed by atoms with Crippen LogP contribution in [-0.4, -0.2) is 12.0 Å². The SMILES string of the molecule is Cc1ccsc1C(=O)NCc1ccc(COC(C)C)cc1. The molecule has 0 radical (unpaired) electrons. The van der Waals surface area contributed by atoms with Crippen LogP contribution in [0.4, 0.5) is 0 Å². The van der Waals surface area contributed by atoms with Gasteiger partial charge in [0.2, 0.25) is 0 Å². The zero-order valence-electron chi connectivity index (χ0n) is 12.7. The molecule has 0 saturated carbocycles. The van der Waals surface area contributed by atoms with Crippen molar-refractivity contribution in [2.24, 2.45) is 0 Å². The molecule has 1 N–H and O–H groups in total. The van der Waals surface area contributed by atoms with E-state index in [1.807, 2.05) is 56.5 Å². The molecule has 0 aliphatic rings. The highest BCUT2D eigenvalue weighted by molar-refractivity contribution is 7.12. The van der Waals surface area contributed by atoms with Gasteiger partial charge >= 0.3 is 0 Å². The number of carbonyl (C=O) groups excluding carboxylic acids is 1. The summed E-state index contributed by atoms with van der Waals surface area (Å²) in [6.45, 7) is 7.17. The summed E-state index contributed by atoms with van der Waals surface area (Å²) in [5.41, 5.74) is 3.26. The van der Waals surface area contributed by atoms with E-state index in [2.05, 4.69) is 5.32 Å². The molecule has 1 heterocycles. The van der Waals surface area contributed by atoms with Crippen molar-refractivity contribution in [3.05, 3.63) is 57.3 Å². The van der Waals surface area contributed by atoms with Crippen molar-refractivity contribution >= 4 is 17.2 Å². The molecule has 0 atom stereocenters. The minimum atomic E-state index is -0.00489. The fourth-order valence-electron chi connectivity index (χ4n) is 1.88. The molecule has 2 aromatic rings. The number of nitrogens with one attached hydrogen (secondary N) is 1. The van der Waals surface area contributed by atoms with Crippen molar-refractivity contribution in [1.29, 1.82) is 0 Å². The Kier molecular flexibility index (Phi) is 5.53. The molecule has 2 rings (SSSR count). The van der Waals surface area contributed by atoms with Gasteiger partial charge < -0.3 is 10.1 Å². The number of carbonyl (C=O) groups is 1. The Morgan fingerprint density at radius 3 is 2.43 bits per heavy atom. The normalized spacial score (nSPS) is 10.9. The minimum Gasteiger partial charge on any atom is -0.374 e. The average molecular weight is 303 g/mol. The van der Waals surface area contributed by atoms with Crippen LogP contribution < -0.4 is 5.32 Å². The van der Waals surface area contributed by atoms with E-state index >= 15 is 0 Å². The average Bonchev–Trinajstić information content (AvgIpc) is 2.90. The zero-order valence-corrected chi connectivity index (χ0v) is 13.5. The highest BCUT2D eigenvalue weighted by Gasteiger charge is 2.09. The molecule has 21 heavy (non-hydrogen) atoms. The van der Waals surface area contributed by atoms with Gasteiger partial charge in [0.05, 0.1) is 17.6 Å². The Balaban J connectivity index is 1.86. The van der Waals surface area contributed by atoms with Gasteiger partial charge in [0.1, 0.15) is 0 Å². The van der Waals surface area contributed by atoms with Gasteiger partial charge in [-0.15, -0.1) is 11.3 Å². The zero-order chi connectivity index (χ0) is 15.2. The Labute approximate surface area is 130 Å². The number of hydrogen-bond donors (Lipinski definition) is 1. The number of benzene rings is 1. The van der Waals surface area contributed by atoms with Crippen LogP contribution in [0.15, 0.2) is 35.7 Å². The maximum Gasteiger partial charge on any atom is 0.261 e. The molecule has 1 aromatic heterocycles. The van der Waals surface area contributed by atoms with E-state index in [0.29, 0.717) is 13.2 Å². The van der Waals surface area contributed by atoms with Crippen LogP contribution in [0.1, 0.15) is 40.2 Å². The lowest BCUT2D eigenvalue weighted by atomic mass is 10.1. The molecular formula is C17H21NO2S. The number of amides is 1. The van der Waals surface area contributed by atoms with Gasteiger partial charge in [-0.1, -0.05) is 24.3 Å². The summed E-state index contributed by atoms with van der Waals surface area (Å²) in [5, 5.41) is 4.89. The first-order valence-electron chi connectivity index (χ1n) is 7.08. The van der Waals surface area contributed by atoms with Crippen molar-refractivity contribution in [3.8, 4) is 0 Å². The standard InChI is InChI=1S/C17H21NO2S/c1-12(2)20-11-15-6-4-14(5-7-15)10-18-17(19)16-13(3)8-9-21-16/h4-9,12H,10-11H2,1-3H3,(H,18,19). The van der Waals surface area contributed by atoms with Crippen molar-refractivity contribution in [2.75, 3.05) is 0 Å². The Hall–Kier alpha value is -1.65.